The van der Waals surface area contributed by atoms with Crippen LogP contribution in [0.3, 0.4) is 0 Å². The van der Waals surface area contributed by atoms with E-state index in [0.29, 0.717) is 12.5 Å². The Morgan fingerprint density at radius 1 is 1.39 bits per heavy atom. The van der Waals surface area contributed by atoms with Crippen molar-refractivity contribution in [3.05, 3.63) is 35.1 Å². The van der Waals surface area contributed by atoms with Gasteiger partial charge in [0.25, 0.3) is 0 Å². The van der Waals surface area contributed by atoms with Crippen molar-refractivity contribution < 1.29 is 14.6 Å². The number of hydrogen-bond acceptors (Lipinski definition) is 7. The number of anilines is 2. The molecular weight excluding hydrogens is 414 g/mol. The summed E-state index contributed by atoms with van der Waals surface area (Å²) in [6.07, 6.45) is 7.15. The van der Waals surface area contributed by atoms with E-state index in [4.69, 9.17) is 9.84 Å². The molecule has 0 saturated heterocycles. The number of carboxylic acids is 1. The van der Waals surface area contributed by atoms with Crippen LogP contribution in [0.25, 0.3) is 21.1 Å². The van der Waals surface area contributed by atoms with E-state index in [0.717, 1.165) is 64.1 Å². The molecule has 0 spiro atoms. The van der Waals surface area contributed by atoms with Gasteiger partial charge < -0.3 is 15.2 Å². The van der Waals surface area contributed by atoms with E-state index in [1.165, 1.54) is 10.4 Å². The van der Waals surface area contributed by atoms with Gasteiger partial charge in [-0.3, -0.25) is 9.89 Å². The highest BCUT2D eigenvalue weighted by Gasteiger charge is 2.26. The van der Waals surface area contributed by atoms with Gasteiger partial charge in [0, 0.05) is 22.8 Å². The van der Waals surface area contributed by atoms with Gasteiger partial charge in [-0.05, 0) is 50.2 Å². The number of nitrogens with one attached hydrogen (secondary N) is 2. The van der Waals surface area contributed by atoms with E-state index in [1.807, 2.05) is 19.1 Å². The summed E-state index contributed by atoms with van der Waals surface area (Å²) in [7, 11) is 0. The smallest absolute Gasteiger partial charge is 0.303 e. The molecular formula is C22H23N5O3S. The molecule has 0 fully saturated rings. The van der Waals surface area contributed by atoms with Crippen LogP contribution in [0.15, 0.2) is 24.7 Å². The molecule has 160 valence electrons. The number of H-pyrrole nitrogens is 1. The fraction of sp³-hybridized carbons (Fsp3) is 0.364. The van der Waals surface area contributed by atoms with Crippen molar-refractivity contribution in [1.29, 1.82) is 0 Å². The first-order valence-electron chi connectivity index (χ1n) is 10.5. The van der Waals surface area contributed by atoms with Crippen LogP contribution in [-0.4, -0.2) is 37.8 Å². The minimum atomic E-state index is -0.723. The molecule has 1 unspecified atom stereocenters. The first-order chi connectivity index (χ1) is 15.1. The highest BCUT2D eigenvalue weighted by atomic mass is 32.1. The van der Waals surface area contributed by atoms with Crippen molar-refractivity contribution in [2.75, 3.05) is 11.9 Å². The second-order valence-electron chi connectivity index (χ2n) is 7.81. The fourth-order valence-corrected chi connectivity index (χ4v) is 5.62. The molecule has 1 aliphatic carbocycles. The largest absolute Gasteiger partial charge is 0.492 e. The number of aromatic nitrogens is 4. The molecule has 0 radical (unpaired) electrons. The summed E-state index contributed by atoms with van der Waals surface area (Å²) < 4.78 is 5.85. The lowest BCUT2D eigenvalue weighted by atomic mass is 9.85. The van der Waals surface area contributed by atoms with Gasteiger partial charge in [-0.25, -0.2) is 9.97 Å². The molecule has 0 bridgehead atoms. The quantitative estimate of drug-likeness (QED) is 0.385. The van der Waals surface area contributed by atoms with Gasteiger partial charge in [-0.1, -0.05) is 0 Å². The number of ether oxygens (including phenoxy) is 1. The number of benzene rings is 1. The van der Waals surface area contributed by atoms with Crippen LogP contribution < -0.4 is 10.1 Å². The maximum absolute atomic E-state index is 10.9. The number of thiophene rings is 1. The molecule has 9 heteroatoms. The second kappa shape index (κ2) is 8.14. The Morgan fingerprint density at radius 2 is 2.29 bits per heavy atom. The van der Waals surface area contributed by atoms with Gasteiger partial charge in [0.15, 0.2) is 0 Å². The van der Waals surface area contributed by atoms with Crippen molar-refractivity contribution in [2.24, 2.45) is 5.92 Å². The Bertz CT molecular complexity index is 1260. The monoisotopic (exact) mass is 437 g/mol. The van der Waals surface area contributed by atoms with Gasteiger partial charge in [0.05, 0.1) is 29.4 Å². The van der Waals surface area contributed by atoms with E-state index < -0.39 is 5.97 Å². The van der Waals surface area contributed by atoms with Crippen LogP contribution in [0, 0.1) is 5.92 Å². The van der Waals surface area contributed by atoms with E-state index in [2.05, 4.69) is 25.5 Å². The van der Waals surface area contributed by atoms with E-state index in [1.54, 1.807) is 23.9 Å². The van der Waals surface area contributed by atoms with Gasteiger partial charge in [-0.15, -0.1) is 11.3 Å². The van der Waals surface area contributed by atoms with E-state index in [-0.39, 0.29) is 6.42 Å². The molecule has 1 aromatic carbocycles. The number of nitrogens with zero attached hydrogens (tertiary/aromatic N) is 3. The number of hydrogen-bond donors (Lipinski definition) is 3. The summed E-state index contributed by atoms with van der Waals surface area (Å²) in [4.78, 5) is 22.3. The number of aryl methyl sites for hydroxylation is 1. The Hall–Kier alpha value is -3.20. The van der Waals surface area contributed by atoms with Gasteiger partial charge in [0.1, 0.15) is 22.7 Å². The molecule has 3 N–H and O–H groups in total. The molecule has 8 nitrogen and oxygen atoms in total. The van der Waals surface area contributed by atoms with Crippen molar-refractivity contribution in [2.45, 2.75) is 39.0 Å². The van der Waals surface area contributed by atoms with E-state index in [9.17, 15) is 4.79 Å². The van der Waals surface area contributed by atoms with Gasteiger partial charge in [-0.2, -0.15) is 5.10 Å². The Morgan fingerprint density at radius 3 is 3.13 bits per heavy atom. The first kappa shape index (κ1) is 19.7. The summed E-state index contributed by atoms with van der Waals surface area (Å²) >= 11 is 1.70. The molecule has 1 atom stereocenters. The SMILES string of the molecule is CCOc1cc2[nH]ncc2cc1Nc1ncnc2sc3c(c12)CCC(CCC(=O)O)C3. The molecule has 0 saturated carbocycles. The van der Waals surface area contributed by atoms with Crippen LogP contribution in [-0.2, 0) is 17.6 Å². The average Bonchev–Trinajstić information content (AvgIpc) is 3.36. The number of rotatable bonds is 7. The van der Waals surface area contributed by atoms with E-state index >= 15 is 0 Å². The zero-order chi connectivity index (χ0) is 21.4. The lowest BCUT2D eigenvalue weighted by molar-refractivity contribution is -0.137. The number of carbonyl (C=O) groups is 1. The molecule has 0 aliphatic heterocycles. The highest BCUT2D eigenvalue weighted by molar-refractivity contribution is 7.19. The lowest BCUT2D eigenvalue weighted by Crippen LogP contribution is -2.14. The van der Waals surface area contributed by atoms with Crippen LogP contribution in [0.1, 0.15) is 36.6 Å². The van der Waals surface area contributed by atoms with Crippen LogP contribution in [0.5, 0.6) is 5.75 Å². The topological polar surface area (TPSA) is 113 Å². The predicted octanol–water partition coefficient (Wildman–Crippen LogP) is 4.68. The third-order valence-electron chi connectivity index (χ3n) is 5.81. The minimum Gasteiger partial charge on any atom is -0.492 e. The standard InChI is InChI=1S/C22H23N5O3S/c1-2-30-17-9-15-13(10-25-27-15)8-16(17)26-21-20-14-5-3-12(4-6-19(28)29)7-18(14)31-22(20)24-11-23-21/h8-12H,2-7H2,1H3,(H,25,27)(H,28,29)(H,23,24,26). The minimum absolute atomic E-state index is 0.230. The number of fused-ring (bicyclic) bond motifs is 4. The van der Waals surface area contributed by atoms with Crippen LogP contribution in [0.2, 0.25) is 0 Å². The van der Waals surface area contributed by atoms with Crippen molar-refractivity contribution >= 4 is 49.9 Å². The summed E-state index contributed by atoms with van der Waals surface area (Å²) in [5.74, 6) is 1.20. The molecule has 3 heterocycles. The summed E-state index contributed by atoms with van der Waals surface area (Å²) in [6, 6.07) is 3.96. The van der Waals surface area contributed by atoms with Crippen molar-refractivity contribution in [3.63, 3.8) is 0 Å². The maximum Gasteiger partial charge on any atom is 0.303 e. The summed E-state index contributed by atoms with van der Waals surface area (Å²) in [5.41, 5.74) is 3.05. The Kier molecular flexibility index (Phi) is 5.19. The lowest BCUT2D eigenvalue weighted by Gasteiger charge is -2.21. The van der Waals surface area contributed by atoms with Crippen LogP contribution in [0.4, 0.5) is 11.5 Å². The van der Waals surface area contributed by atoms with Gasteiger partial charge >= 0.3 is 5.97 Å². The normalized spacial score (nSPS) is 15.8. The molecule has 5 rings (SSSR count). The first-order valence-corrected chi connectivity index (χ1v) is 11.3. The highest BCUT2D eigenvalue weighted by Crippen LogP contribution is 2.42. The molecule has 4 aromatic rings. The molecule has 0 amide bonds. The average molecular weight is 438 g/mol. The summed E-state index contributed by atoms with van der Waals surface area (Å²) in [5, 5.41) is 21.6. The predicted molar refractivity (Wildman–Crippen MR) is 120 cm³/mol. The zero-order valence-electron chi connectivity index (χ0n) is 17.1. The van der Waals surface area contributed by atoms with Crippen molar-refractivity contribution in [3.8, 4) is 5.75 Å². The number of carboxylic acid groups (broad SMARTS) is 1. The maximum atomic E-state index is 10.9. The number of aromatic amines is 1. The van der Waals surface area contributed by atoms with Gasteiger partial charge in [0.2, 0.25) is 0 Å². The summed E-state index contributed by atoms with van der Waals surface area (Å²) in [6.45, 7) is 2.51. The molecule has 31 heavy (non-hydrogen) atoms. The Balaban J connectivity index is 1.50. The second-order valence-corrected chi connectivity index (χ2v) is 8.89. The molecule has 3 aromatic heterocycles. The van der Waals surface area contributed by atoms with Crippen LogP contribution >= 0.6 is 11.3 Å². The third-order valence-corrected chi connectivity index (χ3v) is 6.97. The Labute approximate surface area is 182 Å². The zero-order valence-corrected chi connectivity index (χ0v) is 18.0. The molecule has 1 aliphatic rings. The van der Waals surface area contributed by atoms with Crippen molar-refractivity contribution in [1.82, 2.24) is 20.2 Å². The fourth-order valence-electron chi connectivity index (χ4n) is 4.32. The third kappa shape index (κ3) is 3.81. The number of aliphatic carboxylic acids is 1.